The van der Waals surface area contributed by atoms with Gasteiger partial charge in [-0.15, -0.1) is 0 Å². The van der Waals surface area contributed by atoms with Gasteiger partial charge in [0.25, 0.3) is 0 Å². The average Bonchev–Trinajstić information content (AvgIpc) is 2.52. The predicted octanol–water partition coefficient (Wildman–Crippen LogP) is 4.63. The molecule has 118 valence electrons. The summed E-state index contributed by atoms with van der Waals surface area (Å²) in [6.07, 6.45) is -2.93. The number of benzene rings is 2. The molecule has 0 amide bonds. The summed E-state index contributed by atoms with van der Waals surface area (Å²) >= 11 is 0. The molecule has 3 nitrogen and oxygen atoms in total. The van der Waals surface area contributed by atoms with E-state index < -0.39 is 11.7 Å². The number of hydrogen-bond donors (Lipinski definition) is 0. The molecule has 3 rings (SSSR count). The Hall–Kier alpha value is -2.63. The first-order valence-electron chi connectivity index (χ1n) is 6.87. The molecule has 6 heteroatoms. The van der Waals surface area contributed by atoms with Crippen LogP contribution in [0.3, 0.4) is 0 Å². The molecule has 3 aromatic rings. The average molecular weight is 318 g/mol. The Labute approximate surface area is 130 Å². The van der Waals surface area contributed by atoms with Crippen LogP contribution in [0.1, 0.15) is 11.1 Å². The third-order valence-corrected chi connectivity index (χ3v) is 3.48. The van der Waals surface area contributed by atoms with Gasteiger partial charge >= 0.3 is 6.18 Å². The molecular weight excluding hydrogens is 305 g/mol. The Morgan fingerprint density at radius 2 is 1.87 bits per heavy atom. The van der Waals surface area contributed by atoms with Crippen molar-refractivity contribution >= 4 is 11.0 Å². The number of nitrogens with zero attached hydrogens (tertiary/aromatic N) is 2. The summed E-state index contributed by atoms with van der Waals surface area (Å²) in [5.41, 5.74) is 2.38. The Balaban J connectivity index is 2.24. The summed E-state index contributed by atoms with van der Waals surface area (Å²) < 4.78 is 43.8. The topological polar surface area (TPSA) is 35.0 Å². The highest BCUT2D eigenvalue weighted by Gasteiger charge is 2.30. The van der Waals surface area contributed by atoms with Crippen molar-refractivity contribution in [2.75, 3.05) is 7.11 Å². The molecular formula is C17H13F3N2O. The number of alkyl halides is 3. The minimum Gasteiger partial charge on any atom is -0.480 e. The molecule has 0 bridgehead atoms. The van der Waals surface area contributed by atoms with Crippen LogP contribution in [0.5, 0.6) is 5.88 Å². The molecule has 0 unspecified atom stereocenters. The lowest BCUT2D eigenvalue weighted by Gasteiger charge is -2.11. The van der Waals surface area contributed by atoms with Gasteiger partial charge in [-0.1, -0.05) is 12.1 Å². The fourth-order valence-corrected chi connectivity index (χ4v) is 2.43. The molecule has 1 aromatic heterocycles. The van der Waals surface area contributed by atoms with Crippen LogP contribution in [0.2, 0.25) is 0 Å². The first-order chi connectivity index (χ1) is 10.9. The molecule has 0 fully saturated rings. The molecule has 0 radical (unpaired) electrons. The lowest BCUT2D eigenvalue weighted by molar-refractivity contribution is -0.137. The number of rotatable bonds is 2. The lowest BCUT2D eigenvalue weighted by Crippen LogP contribution is -2.04. The zero-order valence-corrected chi connectivity index (χ0v) is 12.5. The minimum atomic E-state index is -4.38. The van der Waals surface area contributed by atoms with Gasteiger partial charge < -0.3 is 4.74 Å². The smallest absolute Gasteiger partial charge is 0.416 e. The van der Waals surface area contributed by atoms with Crippen LogP contribution in [-0.4, -0.2) is 17.1 Å². The largest absolute Gasteiger partial charge is 0.480 e. The number of aryl methyl sites for hydroxylation is 1. The second kappa shape index (κ2) is 5.53. The molecule has 23 heavy (non-hydrogen) atoms. The molecule has 0 spiro atoms. The summed E-state index contributed by atoms with van der Waals surface area (Å²) in [7, 11) is 1.49. The molecule has 0 N–H and O–H groups in total. The van der Waals surface area contributed by atoms with Crippen LogP contribution in [0.4, 0.5) is 13.2 Å². The van der Waals surface area contributed by atoms with Crippen LogP contribution >= 0.6 is 0 Å². The van der Waals surface area contributed by atoms with E-state index in [1.54, 1.807) is 12.1 Å². The van der Waals surface area contributed by atoms with Crippen molar-refractivity contribution in [1.82, 2.24) is 9.97 Å². The van der Waals surface area contributed by atoms with Gasteiger partial charge in [-0.3, -0.25) is 0 Å². The van der Waals surface area contributed by atoms with Gasteiger partial charge in [0, 0.05) is 5.56 Å². The van der Waals surface area contributed by atoms with E-state index in [1.807, 2.05) is 13.0 Å². The molecule has 0 atom stereocenters. The maximum absolute atomic E-state index is 12.9. The monoisotopic (exact) mass is 318 g/mol. The summed E-state index contributed by atoms with van der Waals surface area (Å²) in [6, 6.07) is 8.83. The van der Waals surface area contributed by atoms with Gasteiger partial charge in [0.1, 0.15) is 0 Å². The van der Waals surface area contributed by atoms with E-state index in [0.717, 1.165) is 17.7 Å². The molecule has 0 aliphatic heterocycles. The summed E-state index contributed by atoms with van der Waals surface area (Å²) in [6.45, 7) is 1.86. The SMILES string of the molecule is COc1cnc2c(-c3cccc(C(F)(F)F)c3)cc(C)cc2n1. The third-order valence-electron chi connectivity index (χ3n) is 3.48. The first kappa shape index (κ1) is 15.3. The van der Waals surface area contributed by atoms with Crippen LogP contribution in [0.15, 0.2) is 42.6 Å². The van der Waals surface area contributed by atoms with Gasteiger partial charge in [-0.05, 0) is 42.3 Å². The fourth-order valence-electron chi connectivity index (χ4n) is 2.43. The zero-order valence-electron chi connectivity index (χ0n) is 12.5. The van der Waals surface area contributed by atoms with Gasteiger partial charge in [0.05, 0.1) is 29.9 Å². The fraction of sp³-hybridized carbons (Fsp3) is 0.176. The Morgan fingerprint density at radius 1 is 1.09 bits per heavy atom. The predicted molar refractivity (Wildman–Crippen MR) is 81.3 cm³/mol. The van der Waals surface area contributed by atoms with E-state index >= 15 is 0 Å². The molecule has 0 saturated carbocycles. The van der Waals surface area contributed by atoms with Crippen molar-refractivity contribution in [3.63, 3.8) is 0 Å². The van der Waals surface area contributed by atoms with Crippen LogP contribution in [0.25, 0.3) is 22.2 Å². The standard InChI is InChI=1S/C17H13F3N2O/c1-10-6-13(11-4-3-5-12(8-11)17(18,19)20)16-14(7-10)22-15(23-2)9-21-16/h3-9H,1-2H3. The van der Waals surface area contributed by atoms with Gasteiger partial charge in [0.15, 0.2) is 0 Å². The second-order valence-electron chi connectivity index (χ2n) is 5.17. The van der Waals surface area contributed by atoms with E-state index in [4.69, 9.17) is 4.74 Å². The Morgan fingerprint density at radius 3 is 2.57 bits per heavy atom. The number of hydrogen-bond acceptors (Lipinski definition) is 3. The van der Waals surface area contributed by atoms with Gasteiger partial charge in [-0.2, -0.15) is 13.2 Å². The molecule has 0 aliphatic carbocycles. The van der Waals surface area contributed by atoms with Crippen molar-refractivity contribution < 1.29 is 17.9 Å². The van der Waals surface area contributed by atoms with Crippen molar-refractivity contribution in [1.29, 1.82) is 0 Å². The minimum absolute atomic E-state index is 0.359. The maximum Gasteiger partial charge on any atom is 0.416 e. The summed E-state index contributed by atoms with van der Waals surface area (Å²) in [5.74, 6) is 0.359. The van der Waals surface area contributed by atoms with Crippen LogP contribution in [0, 0.1) is 6.92 Å². The highest BCUT2D eigenvalue weighted by atomic mass is 19.4. The highest BCUT2D eigenvalue weighted by Crippen LogP contribution is 2.34. The summed E-state index contributed by atoms with van der Waals surface area (Å²) in [4.78, 5) is 8.60. The van der Waals surface area contributed by atoms with Gasteiger partial charge in [0.2, 0.25) is 5.88 Å². The highest BCUT2D eigenvalue weighted by molar-refractivity contribution is 5.92. The molecule has 2 aromatic carbocycles. The quantitative estimate of drug-likeness (QED) is 0.691. The second-order valence-corrected chi connectivity index (χ2v) is 5.17. The van der Waals surface area contributed by atoms with Crippen molar-refractivity contribution in [3.8, 4) is 17.0 Å². The van der Waals surface area contributed by atoms with Crippen molar-refractivity contribution in [2.45, 2.75) is 13.1 Å². The molecule has 0 aliphatic rings. The van der Waals surface area contributed by atoms with E-state index in [2.05, 4.69) is 9.97 Å². The van der Waals surface area contributed by atoms with Crippen molar-refractivity contribution in [2.24, 2.45) is 0 Å². The molecule has 1 heterocycles. The normalized spacial score (nSPS) is 11.7. The van der Waals surface area contributed by atoms with Crippen LogP contribution < -0.4 is 4.74 Å². The Kier molecular flexibility index (Phi) is 3.67. The van der Waals surface area contributed by atoms with E-state index in [1.165, 1.54) is 19.4 Å². The number of methoxy groups -OCH3 is 1. The molecule has 0 saturated heterocycles. The lowest BCUT2D eigenvalue weighted by atomic mass is 9.99. The maximum atomic E-state index is 12.9. The number of fused-ring (bicyclic) bond motifs is 1. The van der Waals surface area contributed by atoms with Crippen LogP contribution in [-0.2, 0) is 6.18 Å². The first-order valence-corrected chi connectivity index (χ1v) is 6.87. The third kappa shape index (κ3) is 2.97. The van der Waals surface area contributed by atoms with Crippen molar-refractivity contribution in [3.05, 3.63) is 53.7 Å². The van der Waals surface area contributed by atoms with Gasteiger partial charge in [-0.25, -0.2) is 9.97 Å². The number of aromatic nitrogens is 2. The van der Waals surface area contributed by atoms with E-state index in [-0.39, 0.29) is 0 Å². The number of halogens is 3. The zero-order chi connectivity index (χ0) is 16.6. The summed E-state index contributed by atoms with van der Waals surface area (Å²) in [5, 5.41) is 0. The van der Waals surface area contributed by atoms with E-state index in [9.17, 15) is 13.2 Å². The Bertz CT molecular complexity index is 875. The van der Waals surface area contributed by atoms with E-state index in [0.29, 0.717) is 28.0 Å². The number of ether oxygens (including phenoxy) is 1.